The molecule has 0 aromatic heterocycles. The van der Waals surface area contributed by atoms with Crippen LogP contribution in [0.4, 0.5) is 0 Å². The molecule has 0 nitrogen and oxygen atoms in total. The minimum Gasteiger partial charge on any atom is -0.0622 e. The summed E-state index contributed by atoms with van der Waals surface area (Å²) in [6.07, 6.45) is 4.48. The van der Waals surface area contributed by atoms with E-state index in [1.54, 1.807) is 0 Å². The molecule has 0 heterocycles. The third-order valence-electron chi connectivity index (χ3n) is 5.75. The van der Waals surface area contributed by atoms with E-state index in [0.29, 0.717) is 5.41 Å². The summed E-state index contributed by atoms with van der Waals surface area (Å²) >= 11 is 0. The summed E-state index contributed by atoms with van der Waals surface area (Å²) in [6, 6.07) is 0. The fourth-order valence-corrected chi connectivity index (χ4v) is 4.34. The maximum absolute atomic E-state index is 2.51. The first-order chi connectivity index (χ1) is 6.44. The van der Waals surface area contributed by atoms with E-state index >= 15 is 0 Å². The van der Waals surface area contributed by atoms with Crippen molar-refractivity contribution in [3.63, 3.8) is 0 Å². The molecule has 5 unspecified atom stereocenters. The third-order valence-corrected chi connectivity index (χ3v) is 5.75. The van der Waals surface area contributed by atoms with Gasteiger partial charge in [0.25, 0.3) is 0 Å². The van der Waals surface area contributed by atoms with Crippen LogP contribution in [0.25, 0.3) is 0 Å². The molecule has 2 fully saturated rings. The second-order valence-corrected chi connectivity index (χ2v) is 6.66. The molecule has 0 aromatic rings. The quantitative estimate of drug-likeness (QED) is 0.538. The first-order valence-electron chi connectivity index (χ1n) is 6.44. The van der Waals surface area contributed by atoms with Gasteiger partial charge in [-0.2, -0.15) is 0 Å². The summed E-state index contributed by atoms with van der Waals surface area (Å²) in [7, 11) is 0. The average Bonchev–Trinajstić information content (AvgIpc) is 2.32. The Hall–Kier alpha value is 0. The zero-order chi connectivity index (χ0) is 10.5. The van der Waals surface area contributed by atoms with E-state index in [-0.39, 0.29) is 0 Å². The first-order valence-corrected chi connectivity index (χ1v) is 6.44. The van der Waals surface area contributed by atoms with Gasteiger partial charge in [0.1, 0.15) is 0 Å². The van der Waals surface area contributed by atoms with Crippen molar-refractivity contribution in [3.05, 3.63) is 0 Å². The minimum absolute atomic E-state index is 0.596. The van der Waals surface area contributed by atoms with Crippen LogP contribution >= 0.6 is 0 Å². The Morgan fingerprint density at radius 1 is 1.00 bits per heavy atom. The van der Waals surface area contributed by atoms with Crippen molar-refractivity contribution in [3.8, 4) is 0 Å². The fraction of sp³-hybridized carbons (Fsp3) is 1.00. The van der Waals surface area contributed by atoms with E-state index in [4.69, 9.17) is 0 Å². The topological polar surface area (TPSA) is 0 Å². The standard InChI is InChI=1S/C14H26/c1-9-6-7-12-8-10(2)14(4,5)13(12)11(9)3/h9-13H,6-8H2,1-5H3. The molecule has 0 heteroatoms. The van der Waals surface area contributed by atoms with Gasteiger partial charge in [-0.25, -0.2) is 0 Å². The van der Waals surface area contributed by atoms with Crippen LogP contribution in [0.1, 0.15) is 53.9 Å². The SMILES string of the molecule is CC1CCC2CC(C)C(C)(C)C2C1C. The minimum atomic E-state index is 0.596. The molecule has 2 saturated carbocycles. The fourth-order valence-electron chi connectivity index (χ4n) is 4.34. The Labute approximate surface area is 89.5 Å². The second kappa shape index (κ2) is 3.25. The van der Waals surface area contributed by atoms with Gasteiger partial charge in [0, 0.05) is 0 Å². The molecule has 5 atom stereocenters. The molecule has 0 radical (unpaired) electrons. The van der Waals surface area contributed by atoms with Crippen molar-refractivity contribution >= 4 is 0 Å². The van der Waals surface area contributed by atoms with Crippen LogP contribution in [-0.4, -0.2) is 0 Å². The van der Waals surface area contributed by atoms with E-state index in [1.807, 2.05) is 0 Å². The molecule has 82 valence electrons. The molecular formula is C14H26. The number of hydrogen-bond acceptors (Lipinski definition) is 0. The number of rotatable bonds is 0. The van der Waals surface area contributed by atoms with Gasteiger partial charge in [0.05, 0.1) is 0 Å². The highest BCUT2D eigenvalue weighted by Crippen LogP contribution is 2.58. The molecule has 0 amide bonds. The van der Waals surface area contributed by atoms with Crippen molar-refractivity contribution in [2.75, 3.05) is 0 Å². The summed E-state index contributed by atoms with van der Waals surface area (Å²) in [4.78, 5) is 0. The van der Waals surface area contributed by atoms with Crippen LogP contribution in [0.2, 0.25) is 0 Å². The third kappa shape index (κ3) is 1.33. The lowest BCUT2D eigenvalue weighted by atomic mass is 9.62. The molecule has 0 saturated heterocycles. The predicted octanol–water partition coefficient (Wildman–Crippen LogP) is 4.35. The van der Waals surface area contributed by atoms with Crippen LogP contribution < -0.4 is 0 Å². The lowest BCUT2D eigenvalue weighted by Crippen LogP contribution is -2.37. The molecule has 0 bridgehead atoms. The lowest BCUT2D eigenvalue weighted by molar-refractivity contribution is 0.0526. The van der Waals surface area contributed by atoms with Crippen LogP contribution in [-0.2, 0) is 0 Å². The van der Waals surface area contributed by atoms with E-state index in [2.05, 4.69) is 34.6 Å². The summed E-state index contributed by atoms with van der Waals surface area (Å²) in [5.74, 6) is 4.90. The Kier molecular flexibility index (Phi) is 2.44. The lowest BCUT2D eigenvalue weighted by Gasteiger charge is -2.43. The maximum Gasteiger partial charge on any atom is -0.0295 e. The van der Waals surface area contributed by atoms with Crippen molar-refractivity contribution < 1.29 is 0 Å². The highest BCUT2D eigenvalue weighted by atomic mass is 14.6. The molecular weight excluding hydrogens is 168 g/mol. The summed E-state index contributed by atoms with van der Waals surface area (Å²) in [6.45, 7) is 12.4. The van der Waals surface area contributed by atoms with Gasteiger partial charge in [-0.1, -0.05) is 41.0 Å². The number of fused-ring (bicyclic) bond motifs is 1. The molecule has 14 heavy (non-hydrogen) atoms. The van der Waals surface area contributed by atoms with Crippen molar-refractivity contribution in [1.82, 2.24) is 0 Å². The van der Waals surface area contributed by atoms with Crippen LogP contribution in [0.3, 0.4) is 0 Å². The molecule has 0 N–H and O–H groups in total. The van der Waals surface area contributed by atoms with Crippen LogP contribution in [0, 0.1) is 35.0 Å². The van der Waals surface area contributed by atoms with Crippen LogP contribution in [0.5, 0.6) is 0 Å². The Balaban J connectivity index is 2.24. The molecule has 2 aliphatic carbocycles. The molecule has 0 spiro atoms. The highest BCUT2D eigenvalue weighted by Gasteiger charge is 2.51. The van der Waals surface area contributed by atoms with Gasteiger partial charge in [-0.15, -0.1) is 0 Å². The van der Waals surface area contributed by atoms with Crippen molar-refractivity contribution in [1.29, 1.82) is 0 Å². The van der Waals surface area contributed by atoms with E-state index < -0.39 is 0 Å². The van der Waals surface area contributed by atoms with Gasteiger partial charge in [0.15, 0.2) is 0 Å². The largest absolute Gasteiger partial charge is 0.0622 e. The van der Waals surface area contributed by atoms with E-state index in [9.17, 15) is 0 Å². The van der Waals surface area contributed by atoms with Gasteiger partial charge in [-0.3, -0.25) is 0 Å². The molecule has 0 aliphatic heterocycles. The van der Waals surface area contributed by atoms with Gasteiger partial charge < -0.3 is 0 Å². The average molecular weight is 194 g/mol. The zero-order valence-electron chi connectivity index (χ0n) is 10.5. The summed E-state index contributed by atoms with van der Waals surface area (Å²) in [5, 5.41) is 0. The Morgan fingerprint density at radius 3 is 2.29 bits per heavy atom. The monoisotopic (exact) mass is 194 g/mol. The van der Waals surface area contributed by atoms with E-state index in [0.717, 1.165) is 29.6 Å². The summed E-state index contributed by atoms with van der Waals surface area (Å²) < 4.78 is 0. The van der Waals surface area contributed by atoms with Crippen molar-refractivity contribution in [2.45, 2.75) is 53.9 Å². The smallest absolute Gasteiger partial charge is 0.0295 e. The normalized spacial score (nSPS) is 51.6. The van der Waals surface area contributed by atoms with Crippen LogP contribution in [0.15, 0.2) is 0 Å². The van der Waals surface area contributed by atoms with E-state index in [1.165, 1.54) is 19.3 Å². The zero-order valence-corrected chi connectivity index (χ0v) is 10.5. The molecule has 2 aliphatic rings. The molecule has 0 aromatic carbocycles. The molecule has 2 rings (SSSR count). The van der Waals surface area contributed by atoms with Crippen molar-refractivity contribution in [2.24, 2.45) is 35.0 Å². The number of hydrogen-bond donors (Lipinski definition) is 0. The second-order valence-electron chi connectivity index (χ2n) is 6.66. The van der Waals surface area contributed by atoms with Gasteiger partial charge in [-0.05, 0) is 47.8 Å². The summed E-state index contributed by atoms with van der Waals surface area (Å²) in [5.41, 5.74) is 0.596. The first kappa shape index (κ1) is 10.5. The van der Waals surface area contributed by atoms with Gasteiger partial charge in [0.2, 0.25) is 0 Å². The Morgan fingerprint density at radius 2 is 1.64 bits per heavy atom. The highest BCUT2D eigenvalue weighted by molar-refractivity contribution is 5.00. The Bertz CT molecular complexity index is 214. The van der Waals surface area contributed by atoms with Gasteiger partial charge >= 0.3 is 0 Å². The maximum atomic E-state index is 2.51. The predicted molar refractivity (Wildman–Crippen MR) is 62.1 cm³/mol.